The van der Waals surface area contributed by atoms with E-state index in [0.717, 1.165) is 13.0 Å². The second-order valence-electron chi connectivity index (χ2n) is 3.65. The molecular formula is C10H21NO2. The summed E-state index contributed by atoms with van der Waals surface area (Å²) in [6.07, 6.45) is 1.14. The molecule has 0 rings (SSSR count). The van der Waals surface area contributed by atoms with E-state index in [2.05, 4.69) is 18.6 Å². The van der Waals surface area contributed by atoms with E-state index in [0.29, 0.717) is 5.92 Å². The predicted octanol–water partition coefficient (Wildman–Crippen LogP) is 1.53. The van der Waals surface area contributed by atoms with Crippen LogP contribution in [0, 0.1) is 5.92 Å². The van der Waals surface area contributed by atoms with E-state index >= 15 is 0 Å². The lowest BCUT2D eigenvalue weighted by atomic mass is 10.1. The Hall–Kier alpha value is -0.570. The highest BCUT2D eigenvalue weighted by atomic mass is 16.5. The lowest BCUT2D eigenvalue weighted by Crippen LogP contribution is -2.39. The second kappa shape index (κ2) is 5.97. The van der Waals surface area contributed by atoms with Gasteiger partial charge < -0.3 is 4.74 Å². The van der Waals surface area contributed by atoms with Crippen molar-refractivity contribution in [2.45, 2.75) is 33.2 Å². The van der Waals surface area contributed by atoms with Crippen molar-refractivity contribution in [2.24, 2.45) is 5.92 Å². The molecule has 0 aromatic heterocycles. The van der Waals surface area contributed by atoms with E-state index in [4.69, 9.17) is 0 Å². The number of esters is 1. The Kier molecular flexibility index (Phi) is 5.71. The van der Waals surface area contributed by atoms with Crippen molar-refractivity contribution in [3.63, 3.8) is 0 Å². The highest BCUT2D eigenvalue weighted by molar-refractivity contribution is 5.75. The SMILES string of the molecule is CCC(C)CN(C)C(C)C(=O)OC. The van der Waals surface area contributed by atoms with E-state index in [1.165, 1.54) is 7.11 Å². The normalized spacial score (nSPS) is 15.5. The summed E-state index contributed by atoms with van der Waals surface area (Å²) in [5.74, 6) is 0.461. The molecule has 2 atom stereocenters. The number of carbonyl (C=O) groups excluding carboxylic acids is 1. The van der Waals surface area contributed by atoms with Gasteiger partial charge >= 0.3 is 5.97 Å². The van der Waals surface area contributed by atoms with Crippen LogP contribution < -0.4 is 0 Å². The van der Waals surface area contributed by atoms with Gasteiger partial charge in [0.05, 0.1) is 7.11 Å². The van der Waals surface area contributed by atoms with Gasteiger partial charge in [-0.3, -0.25) is 9.69 Å². The maximum atomic E-state index is 11.2. The first-order valence-electron chi connectivity index (χ1n) is 4.81. The van der Waals surface area contributed by atoms with Crippen molar-refractivity contribution in [1.82, 2.24) is 4.90 Å². The molecule has 0 aliphatic heterocycles. The maximum absolute atomic E-state index is 11.2. The second-order valence-corrected chi connectivity index (χ2v) is 3.65. The quantitative estimate of drug-likeness (QED) is 0.611. The van der Waals surface area contributed by atoms with Crippen LogP contribution in [-0.2, 0) is 9.53 Å². The average molecular weight is 187 g/mol. The number of rotatable bonds is 5. The average Bonchev–Trinajstić information content (AvgIpc) is 2.14. The van der Waals surface area contributed by atoms with Gasteiger partial charge in [-0.05, 0) is 19.9 Å². The fourth-order valence-electron chi connectivity index (χ4n) is 1.13. The van der Waals surface area contributed by atoms with Crippen molar-refractivity contribution in [1.29, 1.82) is 0 Å². The summed E-state index contributed by atoms with van der Waals surface area (Å²) < 4.78 is 4.67. The van der Waals surface area contributed by atoms with Gasteiger partial charge in [0.1, 0.15) is 6.04 Å². The Labute approximate surface area is 81.1 Å². The molecule has 0 aliphatic rings. The topological polar surface area (TPSA) is 29.5 Å². The molecule has 0 radical (unpaired) electrons. The van der Waals surface area contributed by atoms with E-state index in [9.17, 15) is 4.79 Å². The van der Waals surface area contributed by atoms with Crippen LogP contribution in [0.5, 0.6) is 0 Å². The van der Waals surface area contributed by atoms with Crippen molar-refractivity contribution in [3.8, 4) is 0 Å². The highest BCUT2D eigenvalue weighted by Crippen LogP contribution is 2.06. The number of nitrogens with zero attached hydrogens (tertiary/aromatic N) is 1. The fraction of sp³-hybridized carbons (Fsp3) is 0.900. The van der Waals surface area contributed by atoms with E-state index in [-0.39, 0.29) is 12.0 Å². The summed E-state index contributed by atoms with van der Waals surface area (Å²) >= 11 is 0. The summed E-state index contributed by atoms with van der Waals surface area (Å²) in [6, 6.07) is -0.140. The molecule has 0 aromatic carbocycles. The number of hydrogen-bond acceptors (Lipinski definition) is 3. The van der Waals surface area contributed by atoms with Gasteiger partial charge in [-0.2, -0.15) is 0 Å². The van der Waals surface area contributed by atoms with Gasteiger partial charge in [-0.15, -0.1) is 0 Å². The van der Waals surface area contributed by atoms with Crippen LogP contribution in [0.15, 0.2) is 0 Å². The van der Waals surface area contributed by atoms with Crippen LogP contribution in [0.2, 0.25) is 0 Å². The largest absolute Gasteiger partial charge is 0.468 e. The summed E-state index contributed by atoms with van der Waals surface area (Å²) in [5.41, 5.74) is 0. The zero-order valence-electron chi connectivity index (χ0n) is 9.33. The molecule has 78 valence electrons. The molecule has 3 heteroatoms. The van der Waals surface area contributed by atoms with E-state index < -0.39 is 0 Å². The van der Waals surface area contributed by atoms with Crippen LogP contribution in [0.1, 0.15) is 27.2 Å². The minimum Gasteiger partial charge on any atom is -0.468 e. The van der Waals surface area contributed by atoms with Gasteiger partial charge in [0, 0.05) is 6.54 Å². The van der Waals surface area contributed by atoms with Crippen LogP contribution in [-0.4, -0.2) is 37.6 Å². The first kappa shape index (κ1) is 12.4. The van der Waals surface area contributed by atoms with Crippen molar-refractivity contribution < 1.29 is 9.53 Å². The Bertz CT molecular complexity index is 159. The van der Waals surface area contributed by atoms with E-state index in [1.807, 2.05) is 18.9 Å². The third kappa shape index (κ3) is 4.27. The number of ether oxygens (including phenoxy) is 1. The van der Waals surface area contributed by atoms with Crippen LogP contribution >= 0.6 is 0 Å². The van der Waals surface area contributed by atoms with Crippen molar-refractivity contribution >= 4 is 5.97 Å². The zero-order chi connectivity index (χ0) is 10.4. The highest BCUT2D eigenvalue weighted by Gasteiger charge is 2.19. The summed E-state index contributed by atoms with van der Waals surface area (Å²) in [5, 5.41) is 0. The molecule has 0 heterocycles. The minimum atomic E-state index is -0.161. The smallest absolute Gasteiger partial charge is 0.322 e. The molecule has 0 spiro atoms. The maximum Gasteiger partial charge on any atom is 0.322 e. The first-order chi connectivity index (χ1) is 6.02. The van der Waals surface area contributed by atoms with Crippen LogP contribution in [0.3, 0.4) is 0 Å². The minimum absolute atomic E-state index is 0.140. The van der Waals surface area contributed by atoms with Crippen LogP contribution in [0.25, 0.3) is 0 Å². The third-order valence-corrected chi connectivity index (χ3v) is 2.50. The Balaban J connectivity index is 3.95. The molecule has 3 nitrogen and oxygen atoms in total. The Morgan fingerprint density at radius 3 is 2.38 bits per heavy atom. The molecule has 0 amide bonds. The van der Waals surface area contributed by atoms with Gasteiger partial charge in [0.15, 0.2) is 0 Å². The lowest BCUT2D eigenvalue weighted by Gasteiger charge is -2.25. The Morgan fingerprint density at radius 1 is 1.46 bits per heavy atom. The monoisotopic (exact) mass is 187 g/mol. The van der Waals surface area contributed by atoms with Crippen LogP contribution in [0.4, 0.5) is 0 Å². The van der Waals surface area contributed by atoms with Gasteiger partial charge in [0.2, 0.25) is 0 Å². The number of methoxy groups -OCH3 is 1. The molecule has 0 saturated heterocycles. The number of carbonyl (C=O) groups is 1. The molecular weight excluding hydrogens is 166 g/mol. The summed E-state index contributed by atoms with van der Waals surface area (Å²) in [6.45, 7) is 7.14. The van der Waals surface area contributed by atoms with Gasteiger partial charge in [-0.1, -0.05) is 20.3 Å². The van der Waals surface area contributed by atoms with E-state index in [1.54, 1.807) is 0 Å². The molecule has 0 aliphatic carbocycles. The number of hydrogen-bond donors (Lipinski definition) is 0. The molecule has 2 unspecified atom stereocenters. The molecule has 13 heavy (non-hydrogen) atoms. The number of likely N-dealkylation sites (N-methyl/N-ethyl adjacent to an activating group) is 1. The molecule has 0 bridgehead atoms. The van der Waals surface area contributed by atoms with Gasteiger partial charge in [-0.25, -0.2) is 0 Å². The first-order valence-corrected chi connectivity index (χ1v) is 4.81. The standard InChI is InChI=1S/C10H21NO2/c1-6-8(2)7-11(4)9(3)10(12)13-5/h8-9H,6-7H2,1-5H3. The summed E-state index contributed by atoms with van der Waals surface area (Å²) in [7, 11) is 3.38. The zero-order valence-corrected chi connectivity index (χ0v) is 9.33. The van der Waals surface area contributed by atoms with Crippen molar-refractivity contribution in [3.05, 3.63) is 0 Å². The molecule has 0 N–H and O–H groups in total. The fourth-order valence-corrected chi connectivity index (χ4v) is 1.13. The third-order valence-electron chi connectivity index (χ3n) is 2.50. The Morgan fingerprint density at radius 2 is 2.00 bits per heavy atom. The molecule has 0 aromatic rings. The predicted molar refractivity (Wildman–Crippen MR) is 53.6 cm³/mol. The van der Waals surface area contributed by atoms with Crippen molar-refractivity contribution in [2.75, 3.05) is 20.7 Å². The summed E-state index contributed by atoms with van der Waals surface area (Å²) in [4.78, 5) is 13.2. The molecule has 0 fully saturated rings. The van der Waals surface area contributed by atoms with Gasteiger partial charge in [0.25, 0.3) is 0 Å². The lowest BCUT2D eigenvalue weighted by molar-refractivity contribution is -0.145. The molecule has 0 saturated carbocycles.